The van der Waals surface area contributed by atoms with Gasteiger partial charge in [-0.05, 0) is 36.4 Å². The van der Waals surface area contributed by atoms with Crippen LogP contribution in [0.1, 0.15) is 5.89 Å². The fraction of sp³-hybridized carbons (Fsp3) is 0.136. The van der Waals surface area contributed by atoms with E-state index in [1.807, 2.05) is 35.9 Å². The topological polar surface area (TPSA) is 65.8 Å². The van der Waals surface area contributed by atoms with Gasteiger partial charge < -0.3 is 9.09 Å². The van der Waals surface area contributed by atoms with Crippen molar-refractivity contribution in [3.8, 4) is 22.5 Å². The van der Waals surface area contributed by atoms with Crippen molar-refractivity contribution in [1.29, 1.82) is 0 Å². The van der Waals surface area contributed by atoms with Crippen molar-refractivity contribution in [3.63, 3.8) is 0 Å². The molecule has 168 valence electrons. The number of nitrogens with zero attached hydrogens (tertiary/aromatic N) is 4. The molecule has 0 radical (unpaired) electrons. The third kappa shape index (κ3) is 3.70. The summed E-state index contributed by atoms with van der Waals surface area (Å²) in [6.07, 6.45) is 0. The van der Waals surface area contributed by atoms with Gasteiger partial charge in [0.1, 0.15) is 5.65 Å². The zero-order valence-electron chi connectivity index (χ0n) is 17.0. The number of aryl methyl sites for hydroxylation is 2. The van der Waals surface area contributed by atoms with E-state index in [1.54, 1.807) is 29.8 Å². The molecular weight excluding hydrogens is 530 g/mol. The average molecular weight is 543 g/mol. The Labute approximate surface area is 212 Å². The van der Waals surface area contributed by atoms with Crippen molar-refractivity contribution in [2.45, 2.75) is 3.79 Å². The maximum Gasteiger partial charge on any atom is 0.279 e. The smallest absolute Gasteiger partial charge is 0.279 e. The van der Waals surface area contributed by atoms with E-state index in [2.05, 4.69) is 10.1 Å². The number of hydrogen-bond donors (Lipinski definition) is 0. The van der Waals surface area contributed by atoms with E-state index < -0.39 is 3.79 Å². The normalized spacial score (nSPS) is 12.2. The first-order valence-corrected chi connectivity index (χ1v) is 11.4. The highest BCUT2D eigenvalue weighted by Gasteiger charge is 2.31. The minimum absolute atomic E-state index is 0.123. The summed E-state index contributed by atoms with van der Waals surface area (Å²) >= 11 is 30.0. The molecule has 0 aliphatic heterocycles. The van der Waals surface area contributed by atoms with Crippen LogP contribution in [-0.4, -0.2) is 19.3 Å². The van der Waals surface area contributed by atoms with Crippen molar-refractivity contribution >= 4 is 79.9 Å². The van der Waals surface area contributed by atoms with E-state index in [4.69, 9.17) is 62.5 Å². The second kappa shape index (κ2) is 7.93. The zero-order chi connectivity index (χ0) is 23.7. The highest BCUT2D eigenvalue weighted by atomic mass is 35.6. The number of pyridine rings is 1. The van der Waals surface area contributed by atoms with Gasteiger partial charge in [0.2, 0.25) is 5.82 Å². The number of benzene rings is 2. The molecule has 0 aliphatic carbocycles. The largest absolute Gasteiger partial charge is 0.334 e. The summed E-state index contributed by atoms with van der Waals surface area (Å²) < 4.78 is 6.82. The Bertz CT molecular complexity index is 1630. The summed E-state index contributed by atoms with van der Waals surface area (Å²) in [5.41, 5.74) is 3.21. The third-order valence-corrected chi connectivity index (χ3v) is 6.53. The standard InChI is InChI=1S/C22H13Cl5N4O2/c1-30-17-6-3-10(18-28-21(33-29-18)22(25,26)27)7-13(17)14-9-15(20(32)31(2)19(14)30)12-5-4-11(23)8-16(12)24/h3-9H,1-2H3. The van der Waals surface area contributed by atoms with E-state index in [1.165, 1.54) is 0 Å². The maximum atomic E-state index is 13.2. The number of aromatic nitrogens is 4. The Morgan fingerprint density at radius 2 is 1.67 bits per heavy atom. The average Bonchev–Trinajstić information content (AvgIpc) is 3.35. The number of hydrogen-bond acceptors (Lipinski definition) is 4. The first kappa shape index (κ1) is 22.6. The number of halogens is 5. The number of alkyl halides is 3. The first-order chi connectivity index (χ1) is 15.6. The van der Waals surface area contributed by atoms with Crippen LogP contribution in [0.4, 0.5) is 0 Å². The van der Waals surface area contributed by atoms with Crippen molar-refractivity contribution in [2.24, 2.45) is 14.1 Å². The Morgan fingerprint density at radius 3 is 2.33 bits per heavy atom. The van der Waals surface area contributed by atoms with Crippen LogP contribution in [0.5, 0.6) is 0 Å². The van der Waals surface area contributed by atoms with Crippen LogP contribution in [0.15, 0.2) is 51.8 Å². The molecule has 5 aromatic rings. The lowest BCUT2D eigenvalue weighted by molar-refractivity contribution is 0.383. The molecule has 0 atom stereocenters. The molecule has 0 fully saturated rings. The van der Waals surface area contributed by atoms with Crippen LogP contribution in [-0.2, 0) is 17.9 Å². The fourth-order valence-corrected chi connectivity index (χ4v) is 4.73. The molecule has 0 saturated heterocycles. The highest BCUT2D eigenvalue weighted by Crippen LogP contribution is 2.39. The van der Waals surface area contributed by atoms with E-state index in [0.717, 1.165) is 21.9 Å². The van der Waals surface area contributed by atoms with Crippen molar-refractivity contribution in [1.82, 2.24) is 19.3 Å². The summed E-state index contributed by atoms with van der Waals surface area (Å²) in [6, 6.07) is 12.5. The van der Waals surface area contributed by atoms with E-state index in [0.29, 0.717) is 26.7 Å². The van der Waals surface area contributed by atoms with E-state index >= 15 is 0 Å². The van der Waals surface area contributed by atoms with Crippen LogP contribution in [0, 0.1) is 0 Å². The molecule has 0 saturated carbocycles. The summed E-state index contributed by atoms with van der Waals surface area (Å²) in [7, 11) is 3.62. The molecule has 0 spiro atoms. The van der Waals surface area contributed by atoms with Crippen molar-refractivity contribution < 1.29 is 4.52 Å². The molecule has 0 N–H and O–H groups in total. The third-order valence-electron chi connectivity index (χ3n) is 5.50. The summed E-state index contributed by atoms with van der Waals surface area (Å²) in [5, 5.41) is 6.55. The van der Waals surface area contributed by atoms with Gasteiger partial charge >= 0.3 is 0 Å². The molecule has 0 amide bonds. The summed E-state index contributed by atoms with van der Waals surface area (Å²) in [6.45, 7) is 0. The molecule has 3 heterocycles. The lowest BCUT2D eigenvalue weighted by Gasteiger charge is -2.09. The van der Waals surface area contributed by atoms with Gasteiger partial charge in [0.05, 0.1) is 10.5 Å². The van der Waals surface area contributed by atoms with Gasteiger partial charge in [0, 0.05) is 46.6 Å². The molecule has 0 aliphatic rings. The molecule has 5 rings (SSSR count). The predicted octanol–water partition coefficient (Wildman–Crippen LogP) is 6.88. The summed E-state index contributed by atoms with van der Waals surface area (Å²) in [4.78, 5) is 17.4. The molecule has 11 heteroatoms. The molecule has 3 aromatic heterocycles. The predicted molar refractivity (Wildman–Crippen MR) is 134 cm³/mol. The lowest BCUT2D eigenvalue weighted by Crippen LogP contribution is -2.20. The minimum atomic E-state index is -1.82. The van der Waals surface area contributed by atoms with E-state index in [-0.39, 0.29) is 17.3 Å². The molecular formula is C22H13Cl5N4O2. The van der Waals surface area contributed by atoms with E-state index in [9.17, 15) is 4.79 Å². The molecule has 0 bridgehead atoms. The van der Waals surface area contributed by atoms with Crippen LogP contribution < -0.4 is 5.56 Å². The number of fused-ring (bicyclic) bond motifs is 3. The maximum absolute atomic E-state index is 13.2. The lowest BCUT2D eigenvalue weighted by atomic mass is 10.0. The highest BCUT2D eigenvalue weighted by molar-refractivity contribution is 6.66. The van der Waals surface area contributed by atoms with Crippen molar-refractivity contribution in [2.75, 3.05) is 0 Å². The van der Waals surface area contributed by atoms with Gasteiger partial charge in [-0.25, -0.2) is 0 Å². The van der Waals surface area contributed by atoms with Gasteiger partial charge in [-0.1, -0.05) is 69.2 Å². The van der Waals surface area contributed by atoms with Gasteiger partial charge in [-0.15, -0.1) is 0 Å². The Kier molecular flexibility index (Phi) is 5.42. The second-order valence-electron chi connectivity index (χ2n) is 7.50. The Morgan fingerprint density at radius 1 is 0.909 bits per heavy atom. The zero-order valence-corrected chi connectivity index (χ0v) is 20.8. The van der Waals surface area contributed by atoms with Gasteiger partial charge in [0.25, 0.3) is 15.2 Å². The van der Waals surface area contributed by atoms with Crippen LogP contribution in [0.3, 0.4) is 0 Å². The molecule has 6 nitrogen and oxygen atoms in total. The van der Waals surface area contributed by atoms with Gasteiger partial charge in [0.15, 0.2) is 0 Å². The second-order valence-corrected chi connectivity index (χ2v) is 10.6. The quantitative estimate of drug-likeness (QED) is 0.228. The SMILES string of the molecule is Cn1c(=O)c(-c2ccc(Cl)cc2Cl)cc2c3cc(-c4noc(C(Cl)(Cl)Cl)n4)ccc3n(C)c21. The number of rotatable bonds is 2. The van der Waals surface area contributed by atoms with Crippen molar-refractivity contribution in [3.05, 3.63) is 68.8 Å². The summed E-state index contributed by atoms with van der Waals surface area (Å²) in [5.74, 6) is 0.156. The Balaban J connectivity index is 1.78. The fourth-order valence-electron chi connectivity index (χ4n) is 3.99. The minimum Gasteiger partial charge on any atom is -0.334 e. The first-order valence-electron chi connectivity index (χ1n) is 9.55. The van der Waals surface area contributed by atoms with Crippen LogP contribution in [0.2, 0.25) is 10.0 Å². The van der Waals surface area contributed by atoms with Crippen LogP contribution >= 0.6 is 58.0 Å². The van der Waals surface area contributed by atoms with Gasteiger partial charge in [-0.2, -0.15) is 4.98 Å². The molecule has 0 unspecified atom stereocenters. The molecule has 2 aromatic carbocycles. The Hall–Kier alpha value is -2.22. The van der Waals surface area contributed by atoms with Gasteiger partial charge in [-0.3, -0.25) is 9.36 Å². The monoisotopic (exact) mass is 540 g/mol. The molecule has 33 heavy (non-hydrogen) atoms. The van der Waals surface area contributed by atoms with Crippen LogP contribution in [0.25, 0.3) is 44.5 Å².